The van der Waals surface area contributed by atoms with Gasteiger partial charge in [-0.3, -0.25) is 9.48 Å². The van der Waals surface area contributed by atoms with Crippen LogP contribution in [0.2, 0.25) is 5.02 Å². The third-order valence-electron chi connectivity index (χ3n) is 1.95. The summed E-state index contributed by atoms with van der Waals surface area (Å²) in [5, 5.41) is 5.52. The molecule has 0 bridgehead atoms. The summed E-state index contributed by atoms with van der Waals surface area (Å²) in [6.45, 7) is 0. The minimum atomic E-state index is 0.453. The molecule has 0 atom stereocenters. The van der Waals surface area contributed by atoms with Crippen molar-refractivity contribution >= 4 is 28.8 Å². The Morgan fingerprint density at radius 3 is 3.00 bits per heavy atom. The van der Waals surface area contributed by atoms with E-state index < -0.39 is 0 Å². The van der Waals surface area contributed by atoms with E-state index in [9.17, 15) is 4.79 Å². The van der Waals surface area contributed by atoms with Crippen molar-refractivity contribution in [3.8, 4) is 0 Å². The third kappa shape index (κ3) is 1.21. The second kappa shape index (κ2) is 2.85. The van der Waals surface area contributed by atoms with Crippen LogP contribution >= 0.6 is 11.6 Å². The summed E-state index contributed by atoms with van der Waals surface area (Å²) >= 11 is 5.81. The third-order valence-corrected chi connectivity index (χ3v) is 2.19. The van der Waals surface area contributed by atoms with Crippen LogP contribution in [0.5, 0.6) is 0 Å². The first-order valence-corrected chi connectivity index (χ1v) is 4.17. The van der Waals surface area contributed by atoms with Gasteiger partial charge in [0.15, 0.2) is 6.29 Å². The Morgan fingerprint density at radius 2 is 2.31 bits per heavy atom. The van der Waals surface area contributed by atoms with Crippen molar-refractivity contribution in [1.29, 1.82) is 0 Å². The number of carbonyl (C=O) groups excluding carboxylic acids is 1. The molecule has 0 aliphatic heterocycles. The predicted octanol–water partition coefficient (Wildman–Crippen LogP) is 2.04. The Hall–Kier alpha value is -1.35. The molecular weight excluding hydrogens is 188 g/mol. The molecule has 4 heteroatoms. The molecule has 0 N–H and O–H groups in total. The van der Waals surface area contributed by atoms with Crippen molar-refractivity contribution in [3.05, 3.63) is 28.9 Å². The van der Waals surface area contributed by atoms with Crippen LogP contribution in [0.15, 0.2) is 18.2 Å². The number of benzene rings is 1. The van der Waals surface area contributed by atoms with Crippen molar-refractivity contribution in [2.24, 2.45) is 7.05 Å². The maximum Gasteiger partial charge on any atom is 0.170 e. The number of rotatable bonds is 1. The fraction of sp³-hybridized carbons (Fsp3) is 0.111. The van der Waals surface area contributed by atoms with Gasteiger partial charge in [-0.25, -0.2) is 0 Å². The molecule has 0 saturated carbocycles. The summed E-state index contributed by atoms with van der Waals surface area (Å²) in [5.41, 5.74) is 1.32. The first kappa shape index (κ1) is 8.26. The van der Waals surface area contributed by atoms with Gasteiger partial charge in [0, 0.05) is 17.5 Å². The minimum absolute atomic E-state index is 0.453. The summed E-state index contributed by atoms with van der Waals surface area (Å²) in [4.78, 5) is 10.6. The number of fused-ring (bicyclic) bond motifs is 1. The first-order chi connectivity index (χ1) is 6.22. The van der Waals surface area contributed by atoms with Crippen LogP contribution in [0.4, 0.5) is 0 Å². The van der Waals surface area contributed by atoms with Crippen molar-refractivity contribution in [3.63, 3.8) is 0 Å². The van der Waals surface area contributed by atoms with E-state index in [1.165, 1.54) is 0 Å². The largest absolute Gasteiger partial charge is 0.296 e. The summed E-state index contributed by atoms with van der Waals surface area (Å²) in [5.74, 6) is 0. The maximum absolute atomic E-state index is 10.6. The molecule has 3 nitrogen and oxygen atoms in total. The maximum atomic E-state index is 10.6. The Labute approximate surface area is 79.9 Å². The molecule has 0 aliphatic rings. The molecule has 0 unspecified atom stereocenters. The lowest BCUT2D eigenvalue weighted by atomic mass is 10.2. The van der Waals surface area contributed by atoms with Gasteiger partial charge in [0.25, 0.3) is 0 Å². The zero-order chi connectivity index (χ0) is 9.42. The van der Waals surface area contributed by atoms with E-state index in [2.05, 4.69) is 5.10 Å². The van der Waals surface area contributed by atoms with Gasteiger partial charge in [-0.2, -0.15) is 5.10 Å². The highest BCUT2D eigenvalue weighted by Gasteiger charge is 2.06. The van der Waals surface area contributed by atoms with Crippen LogP contribution in [0.3, 0.4) is 0 Å². The molecule has 2 rings (SSSR count). The Bertz CT molecular complexity index is 476. The number of aryl methyl sites for hydroxylation is 1. The van der Waals surface area contributed by atoms with Crippen LogP contribution in [0.1, 0.15) is 10.5 Å². The van der Waals surface area contributed by atoms with E-state index in [0.717, 1.165) is 17.2 Å². The molecule has 0 amide bonds. The van der Waals surface area contributed by atoms with Crippen LogP contribution in [-0.2, 0) is 7.05 Å². The lowest BCUT2D eigenvalue weighted by molar-refractivity contribution is 0.112. The fourth-order valence-corrected chi connectivity index (χ4v) is 1.51. The van der Waals surface area contributed by atoms with Gasteiger partial charge in [-0.05, 0) is 18.2 Å². The van der Waals surface area contributed by atoms with E-state index in [-0.39, 0.29) is 0 Å². The number of aromatic nitrogens is 2. The zero-order valence-corrected chi connectivity index (χ0v) is 7.75. The summed E-state index contributed by atoms with van der Waals surface area (Å²) in [6.07, 6.45) is 0.746. The molecule has 66 valence electrons. The Morgan fingerprint density at radius 1 is 1.54 bits per heavy atom. The second-order valence-electron chi connectivity index (χ2n) is 2.79. The number of hydrogen-bond donors (Lipinski definition) is 0. The van der Waals surface area contributed by atoms with Gasteiger partial charge in [-0.15, -0.1) is 0 Å². The van der Waals surface area contributed by atoms with Crippen LogP contribution in [0.25, 0.3) is 10.9 Å². The lowest BCUT2D eigenvalue weighted by Crippen LogP contribution is -1.90. The molecule has 2 aromatic rings. The van der Waals surface area contributed by atoms with Crippen molar-refractivity contribution < 1.29 is 4.79 Å². The van der Waals surface area contributed by atoms with E-state index in [0.29, 0.717) is 10.7 Å². The average molecular weight is 195 g/mol. The van der Waals surface area contributed by atoms with Gasteiger partial charge < -0.3 is 0 Å². The highest BCUT2D eigenvalue weighted by atomic mass is 35.5. The standard InChI is InChI=1S/C9H7ClN2O/c1-12-9-4-6(10)2-3-7(9)8(5-13)11-12/h2-5H,1H3. The average Bonchev–Trinajstić information content (AvgIpc) is 2.43. The first-order valence-electron chi connectivity index (χ1n) is 3.80. The predicted molar refractivity (Wildman–Crippen MR) is 51.1 cm³/mol. The number of halogens is 1. The van der Waals surface area contributed by atoms with Gasteiger partial charge in [-0.1, -0.05) is 11.6 Å². The van der Waals surface area contributed by atoms with Crippen LogP contribution in [-0.4, -0.2) is 16.1 Å². The lowest BCUT2D eigenvalue weighted by Gasteiger charge is -1.93. The Balaban J connectivity index is 2.88. The quantitative estimate of drug-likeness (QED) is 0.652. The van der Waals surface area contributed by atoms with Gasteiger partial charge in [0.2, 0.25) is 0 Å². The fourth-order valence-electron chi connectivity index (χ4n) is 1.35. The molecule has 0 spiro atoms. The highest BCUT2D eigenvalue weighted by molar-refractivity contribution is 6.31. The molecule has 0 aliphatic carbocycles. The summed E-state index contributed by atoms with van der Waals surface area (Å²) in [7, 11) is 1.78. The molecule has 13 heavy (non-hydrogen) atoms. The second-order valence-corrected chi connectivity index (χ2v) is 3.22. The molecule has 1 aromatic carbocycles. The number of carbonyl (C=O) groups is 1. The van der Waals surface area contributed by atoms with Gasteiger partial charge >= 0.3 is 0 Å². The highest BCUT2D eigenvalue weighted by Crippen LogP contribution is 2.20. The topological polar surface area (TPSA) is 34.9 Å². The molecule has 1 heterocycles. The van der Waals surface area contributed by atoms with E-state index >= 15 is 0 Å². The van der Waals surface area contributed by atoms with Crippen molar-refractivity contribution in [2.75, 3.05) is 0 Å². The molecular formula is C9H7ClN2O. The van der Waals surface area contributed by atoms with Crippen LogP contribution < -0.4 is 0 Å². The number of hydrogen-bond acceptors (Lipinski definition) is 2. The molecule has 1 aromatic heterocycles. The smallest absolute Gasteiger partial charge is 0.170 e. The molecule has 0 radical (unpaired) electrons. The Kier molecular flexibility index (Phi) is 1.81. The van der Waals surface area contributed by atoms with E-state index in [1.54, 1.807) is 29.9 Å². The SMILES string of the molecule is Cn1nc(C=O)c2ccc(Cl)cc21. The monoisotopic (exact) mass is 194 g/mol. The summed E-state index contributed by atoms with van der Waals surface area (Å²) in [6, 6.07) is 5.34. The van der Waals surface area contributed by atoms with Crippen molar-refractivity contribution in [2.45, 2.75) is 0 Å². The van der Waals surface area contributed by atoms with E-state index in [4.69, 9.17) is 11.6 Å². The number of aldehydes is 1. The normalized spacial score (nSPS) is 10.6. The van der Waals surface area contributed by atoms with E-state index in [1.807, 2.05) is 0 Å². The van der Waals surface area contributed by atoms with Gasteiger partial charge in [0.1, 0.15) is 5.69 Å². The van der Waals surface area contributed by atoms with Crippen molar-refractivity contribution in [1.82, 2.24) is 9.78 Å². The van der Waals surface area contributed by atoms with Crippen LogP contribution in [0, 0.1) is 0 Å². The molecule has 0 saturated heterocycles. The summed E-state index contributed by atoms with van der Waals surface area (Å²) < 4.78 is 1.64. The minimum Gasteiger partial charge on any atom is -0.296 e. The zero-order valence-electron chi connectivity index (χ0n) is 6.99. The van der Waals surface area contributed by atoms with Gasteiger partial charge in [0.05, 0.1) is 5.52 Å². The molecule has 0 fully saturated rings. The number of nitrogens with zero attached hydrogens (tertiary/aromatic N) is 2.